The van der Waals surface area contributed by atoms with E-state index >= 15 is 0 Å². The summed E-state index contributed by atoms with van der Waals surface area (Å²) in [7, 11) is 0. The standard InChI is InChI=1S/C11H15NO3/c1-2-10(14)11(12,15)9-5-3-8(7-13)4-6-9/h3-7,10,14-15H,2,12H2,1H3/t10-,11-/m1/s1. The molecule has 1 rings (SSSR count). The molecular formula is C11H15NO3. The topological polar surface area (TPSA) is 83.6 Å². The van der Waals surface area contributed by atoms with Crippen molar-refractivity contribution in [1.29, 1.82) is 0 Å². The number of hydrogen-bond donors (Lipinski definition) is 3. The predicted molar refractivity (Wildman–Crippen MR) is 56.2 cm³/mol. The number of carbonyl (C=O) groups excluding carboxylic acids is 1. The first kappa shape index (κ1) is 11.8. The van der Waals surface area contributed by atoms with Crippen molar-refractivity contribution in [3.63, 3.8) is 0 Å². The Kier molecular flexibility index (Phi) is 3.57. The van der Waals surface area contributed by atoms with Crippen molar-refractivity contribution in [1.82, 2.24) is 0 Å². The van der Waals surface area contributed by atoms with Gasteiger partial charge in [0.05, 0.1) is 0 Å². The molecule has 4 heteroatoms. The van der Waals surface area contributed by atoms with Crippen LogP contribution < -0.4 is 5.73 Å². The summed E-state index contributed by atoms with van der Waals surface area (Å²) in [5.74, 6) is 0. The number of aliphatic hydroxyl groups excluding tert-OH is 1. The third kappa shape index (κ3) is 2.41. The molecule has 0 heterocycles. The highest BCUT2D eigenvalue weighted by molar-refractivity contribution is 5.74. The fraction of sp³-hybridized carbons (Fsp3) is 0.364. The molecular weight excluding hydrogens is 194 g/mol. The average molecular weight is 209 g/mol. The lowest BCUT2D eigenvalue weighted by Crippen LogP contribution is -2.47. The minimum absolute atomic E-state index is 0.350. The van der Waals surface area contributed by atoms with E-state index in [0.717, 1.165) is 0 Å². The number of nitrogens with two attached hydrogens (primary N) is 1. The maximum absolute atomic E-state index is 10.4. The van der Waals surface area contributed by atoms with E-state index in [4.69, 9.17) is 5.73 Å². The van der Waals surface area contributed by atoms with Crippen molar-refractivity contribution in [3.05, 3.63) is 35.4 Å². The van der Waals surface area contributed by atoms with Crippen LogP contribution in [0, 0.1) is 0 Å². The van der Waals surface area contributed by atoms with Gasteiger partial charge >= 0.3 is 0 Å². The second-order valence-electron chi connectivity index (χ2n) is 3.49. The van der Waals surface area contributed by atoms with E-state index in [2.05, 4.69) is 0 Å². The summed E-state index contributed by atoms with van der Waals surface area (Å²) >= 11 is 0. The van der Waals surface area contributed by atoms with Crippen LogP contribution in [0.15, 0.2) is 24.3 Å². The maximum Gasteiger partial charge on any atom is 0.165 e. The number of rotatable bonds is 4. The highest BCUT2D eigenvalue weighted by Gasteiger charge is 2.31. The third-order valence-corrected chi connectivity index (χ3v) is 2.40. The Morgan fingerprint density at radius 3 is 2.40 bits per heavy atom. The number of aliphatic hydroxyl groups is 2. The van der Waals surface area contributed by atoms with E-state index in [1.54, 1.807) is 19.1 Å². The van der Waals surface area contributed by atoms with E-state index < -0.39 is 11.8 Å². The van der Waals surface area contributed by atoms with Gasteiger partial charge in [-0.25, -0.2) is 0 Å². The number of carbonyl (C=O) groups is 1. The van der Waals surface area contributed by atoms with Crippen molar-refractivity contribution in [2.75, 3.05) is 0 Å². The van der Waals surface area contributed by atoms with Gasteiger partial charge in [-0.05, 0) is 6.42 Å². The van der Waals surface area contributed by atoms with Crippen molar-refractivity contribution in [2.45, 2.75) is 25.2 Å². The van der Waals surface area contributed by atoms with Crippen LogP contribution in [-0.4, -0.2) is 22.6 Å². The largest absolute Gasteiger partial charge is 0.388 e. The van der Waals surface area contributed by atoms with Crippen molar-refractivity contribution in [2.24, 2.45) is 5.73 Å². The fourth-order valence-electron chi connectivity index (χ4n) is 1.33. The summed E-state index contributed by atoms with van der Waals surface area (Å²) < 4.78 is 0. The SMILES string of the molecule is CC[C@@H](O)[C@](N)(O)c1ccc(C=O)cc1. The Hall–Kier alpha value is -1.23. The molecule has 1 aromatic carbocycles. The minimum Gasteiger partial charge on any atom is -0.388 e. The van der Waals surface area contributed by atoms with Crippen LogP contribution in [0.5, 0.6) is 0 Å². The van der Waals surface area contributed by atoms with Crippen LogP contribution in [0.4, 0.5) is 0 Å². The smallest absolute Gasteiger partial charge is 0.165 e. The van der Waals surface area contributed by atoms with E-state index in [1.807, 2.05) is 0 Å². The van der Waals surface area contributed by atoms with Gasteiger partial charge in [-0.15, -0.1) is 0 Å². The first-order chi connectivity index (χ1) is 7.02. The summed E-state index contributed by atoms with van der Waals surface area (Å²) in [6, 6.07) is 6.15. The summed E-state index contributed by atoms with van der Waals surface area (Å²) in [4.78, 5) is 10.4. The second kappa shape index (κ2) is 4.53. The number of hydrogen-bond acceptors (Lipinski definition) is 4. The minimum atomic E-state index is -1.77. The van der Waals surface area contributed by atoms with Crippen LogP contribution in [0.3, 0.4) is 0 Å². The highest BCUT2D eigenvalue weighted by atomic mass is 16.4. The van der Waals surface area contributed by atoms with Gasteiger partial charge in [0.15, 0.2) is 5.72 Å². The van der Waals surface area contributed by atoms with Gasteiger partial charge in [0, 0.05) is 11.1 Å². The molecule has 0 aliphatic carbocycles. The highest BCUT2D eigenvalue weighted by Crippen LogP contribution is 2.21. The lowest BCUT2D eigenvalue weighted by atomic mass is 9.95. The quantitative estimate of drug-likeness (QED) is 0.494. The third-order valence-electron chi connectivity index (χ3n) is 2.40. The molecule has 0 saturated heterocycles. The zero-order chi connectivity index (χ0) is 11.5. The normalized spacial score (nSPS) is 16.8. The predicted octanol–water partition coefficient (Wildman–Crippen LogP) is 0.374. The molecule has 0 unspecified atom stereocenters. The van der Waals surface area contributed by atoms with Gasteiger partial charge in [-0.3, -0.25) is 10.5 Å². The summed E-state index contributed by atoms with van der Waals surface area (Å²) in [6.07, 6.45) is 0.0254. The monoisotopic (exact) mass is 209 g/mol. The van der Waals surface area contributed by atoms with Crippen LogP contribution in [0.2, 0.25) is 0 Å². The van der Waals surface area contributed by atoms with Gasteiger partial charge in [-0.2, -0.15) is 0 Å². The van der Waals surface area contributed by atoms with Crippen LogP contribution >= 0.6 is 0 Å². The second-order valence-corrected chi connectivity index (χ2v) is 3.49. The molecule has 0 amide bonds. The molecule has 0 aliphatic rings. The number of aldehydes is 1. The summed E-state index contributed by atoms with van der Waals surface area (Å²) in [5, 5.41) is 19.4. The van der Waals surface area contributed by atoms with E-state index in [0.29, 0.717) is 23.8 Å². The molecule has 0 saturated carbocycles. The zero-order valence-corrected chi connectivity index (χ0v) is 8.55. The first-order valence-corrected chi connectivity index (χ1v) is 4.77. The molecule has 82 valence electrons. The Balaban J connectivity index is 2.99. The van der Waals surface area contributed by atoms with E-state index in [-0.39, 0.29) is 0 Å². The van der Waals surface area contributed by atoms with Crippen LogP contribution in [0.1, 0.15) is 29.3 Å². The maximum atomic E-state index is 10.4. The molecule has 0 aliphatic heterocycles. The summed E-state index contributed by atoms with van der Waals surface area (Å²) in [6.45, 7) is 1.72. The average Bonchev–Trinajstić information content (AvgIpc) is 2.28. The van der Waals surface area contributed by atoms with Crippen LogP contribution in [-0.2, 0) is 5.72 Å². The molecule has 15 heavy (non-hydrogen) atoms. The molecule has 4 nitrogen and oxygen atoms in total. The fourth-order valence-corrected chi connectivity index (χ4v) is 1.33. The Morgan fingerprint density at radius 2 is 2.00 bits per heavy atom. The van der Waals surface area contributed by atoms with Gasteiger partial charge in [0.25, 0.3) is 0 Å². The Bertz CT molecular complexity index is 332. The molecule has 4 N–H and O–H groups in total. The molecule has 0 bridgehead atoms. The van der Waals surface area contributed by atoms with Crippen LogP contribution in [0.25, 0.3) is 0 Å². The van der Waals surface area contributed by atoms with E-state index in [9.17, 15) is 15.0 Å². The lowest BCUT2D eigenvalue weighted by Gasteiger charge is -2.28. The molecule has 0 radical (unpaired) electrons. The Labute approximate surface area is 88.3 Å². The van der Waals surface area contributed by atoms with Crippen molar-refractivity contribution in [3.8, 4) is 0 Å². The Morgan fingerprint density at radius 1 is 1.47 bits per heavy atom. The van der Waals surface area contributed by atoms with Crippen molar-refractivity contribution < 1.29 is 15.0 Å². The van der Waals surface area contributed by atoms with Crippen molar-refractivity contribution >= 4 is 6.29 Å². The molecule has 0 spiro atoms. The first-order valence-electron chi connectivity index (χ1n) is 4.77. The number of benzene rings is 1. The van der Waals surface area contributed by atoms with Gasteiger partial charge in [-0.1, -0.05) is 31.2 Å². The molecule has 2 atom stereocenters. The summed E-state index contributed by atoms with van der Waals surface area (Å²) in [5.41, 5.74) is 4.72. The van der Waals surface area contributed by atoms with Gasteiger partial charge in [0.2, 0.25) is 0 Å². The lowest BCUT2D eigenvalue weighted by molar-refractivity contribution is -0.0774. The zero-order valence-electron chi connectivity index (χ0n) is 8.55. The van der Waals surface area contributed by atoms with Gasteiger partial charge in [0.1, 0.15) is 12.4 Å². The molecule has 0 fully saturated rings. The van der Waals surface area contributed by atoms with E-state index in [1.165, 1.54) is 12.1 Å². The molecule has 1 aromatic rings. The van der Waals surface area contributed by atoms with Gasteiger partial charge < -0.3 is 10.2 Å². The molecule has 0 aromatic heterocycles.